The molecule has 1 unspecified atom stereocenters. The van der Waals surface area contributed by atoms with Crippen molar-refractivity contribution in [1.82, 2.24) is 5.32 Å². The van der Waals surface area contributed by atoms with Crippen LogP contribution in [0.2, 0.25) is 19.1 Å². The zero-order chi connectivity index (χ0) is 26.0. The molecule has 2 N–H and O–H groups in total. The van der Waals surface area contributed by atoms with Gasteiger partial charge in [0.2, 0.25) is 0 Å². The van der Waals surface area contributed by atoms with Crippen LogP contribution in [-0.2, 0) is 6.42 Å². The van der Waals surface area contributed by atoms with Crippen LogP contribution >= 0.6 is 0 Å². The summed E-state index contributed by atoms with van der Waals surface area (Å²) in [4.78, 5) is 44.9. The van der Waals surface area contributed by atoms with Crippen LogP contribution in [-0.4, -0.2) is 28.9 Å². The molecule has 0 heterocycles. The quantitative estimate of drug-likeness (QED) is 0.229. The van der Waals surface area contributed by atoms with Gasteiger partial charge in [-0.05, 0) is 66.2 Å². The summed E-state index contributed by atoms with van der Waals surface area (Å²) >= 11 is 0. The van der Waals surface area contributed by atoms with E-state index in [0.717, 1.165) is 71.8 Å². The van der Waals surface area contributed by atoms with Crippen molar-refractivity contribution in [2.24, 2.45) is 5.92 Å². The number of nitrogens with zero attached hydrogens (tertiary/aromatic N) is 2. The Balaban J connectivity index is 1.73. The lowest BCUT2D eigenvalue weighted by Gasteiger charge is -2.35. The number of hydrogen-bond donors (Lipinski definition) is 2. The van der Waals surface area contributed by atoms with Crippen molar-refractivity contribution in [3.05, 3.63) is 91.5 Å². The van der Waals surface area contributed by atoms with Crippen LogP contribution in [0.4, 0.5) is 11.4 Å². The van der Waals surface area contributed by atoms with E-state index in [-0.39, 0.29) is 17.5 Å². The number of rotatable bonds is 8. The Hall–Kier alpha value is -3.63. The number of hydrogen-bond acceptors (Lipinski definition) is 6. The summed E-state index contributed by atoms with van der Waals surface area (Å²) in [5.41, 5.74) is 1.03. The van der Waals surface area contributed by atoms with Crippen LogP contribution in [0.1, 0.15) is 46.8 Å². The van der Waals surface area contributed by atoms with Crippen LogP contribution in [0.25, 0.3) is 10.8 Å². The van der Waals surface area contributed by atoms with Gasteiger partial charge in [-0.1, -0.05) is 42.8 Å². The fourth-order valence-electron chi connectivity index (χ4n) is 5.13. The van der Waals surface area contributed by atoms with Gasteiger partial charge in [0.1, 0.15) is 0 Å². The van der Waals surface area contributed by atoms with Crippen molar-refractivity contribution < 1.29 is 19.4 Å². The molecule has 0 spiro atoms. The highest BCUT2D eigenvalue weighted by Crippen LogP contribution is 2.41. The van der Waals surface area contributed by atoms with E-state index in [1.807, 2.05) is 37.4 Å². The number of non-ortho nitro benzene ring substituents is 2. The van der Waals surface area contributed by atoms with E-state index < -0.39 is 35.4 Å². The third-order valence-electron chi connectivity index (χ3n) is 6.86. The fraction of sp³-hybridized carbons (Fsp3) is 0.346. The fourth-order valence-corrected chi connectivity index (χ4v) is 6.20. The van der Waals surface area contributed by atoms with Crippen LogP contribution in [0, 0.1) is 26.1 Å². The second-order valence-corrected chi connectivity index (χ2v) is 14.2. The number of benzene rings is 3. The van der Waals surface area contributed by atoms with Gasteiger partial charge in [-0.25, -0.2) is 0 Å². The van der Waals surface area contributed by atoms with Crippen LogP contribution < -0.4 is 5.32 Å². The summed E-state index contributed by atoms with van der Waals surface area (Å²) in [7, 11) is -2.21. The zero-order valence-corrected chi connectivity index (χ0v) is 21.3. The molecule has 2 atom stereocenters. The number of nitro groups is 2. The van der Waals surface area contributed by atoms with Gasteiger partial charge in [0, 0.05) is 12.1 Å². The lowest BCUT2D eigenvalue weighted by Crippen LogP contribution is -2.37. The first-order valence-electron chi connectivity index (χ1n) is 12.0. The summed E-state index contributed by atoms with van der Waals surface area (Å²) in [6.45, 7) is 3.82. The molecule has 188 valence electrons. The third kappa shape index (κ3) is 5.60. The molecule has 0 aromatic heterocycles. The van der Waals surface area contributed by atoms with Crippen molar-refractivity contribution in [2.45, 2.75) is 50.9 Å². The minimum atomic E-state index is -2.21. The van der Waals surface area contributed by atoms with Crippen LogP contribution in [0.3, 0.4) is 0 Å². The Morgan fingerprint density at radius 1 is 1.06 bits per heavy atom. The van der Waals surface area contributed by atoms with Crippen molar-refractivity contribution in [1.29, 1.82) is 0 Å². The summed E-state index contributed by atoms with van der Waals surface area (Å²) in [6.07, 6.45) is 3.34. The highest BCUT2D eigenvalue weighted by atomic mass is 28.4. The molecule has 0 bridgehead atoms. The average Bonchev–Trinajstić information content (AvgIpc) is 2.83. The van der Waals surface area contributed by atoms with E-state index in [4.69, 9.17) is 0 Å². The lowest BCUT2D eigenvalue weighted by molar-refractivity contribution is -0.394. The standard InChI is InChI=1S/C26H29N3O6Si/c1-36(2,35)13-5-7-19-12-11-18-10-9-17-6-3-4-8-23(17)24(18)25(19)27-26(30)20-14-21(28(31)32)16-22(15-20)29(33)34/h3-4,6,8-10,14-16,19,25,35H,5,7,11-13H2,1-2H3,(H,27,30)/t19-,25?/m0/s1. The topological polar surface area (TPSA) is 136 Å². The molecule has 36 heavy (non-hydrogen) atoms. The van der Waals surface area contributed by atoms with Gasteiger partial charge in [-0.15, -0.1) is 0 Å². The zero-order valence-electron chi connectivity index (χ0n) is 20.3. The van der Waals surface area contributed by atoms with Gasteiger partial charge >= 0.3 is 0 Å². The first-order valence-corrected chi connectivity index (χ1v) is 15.2. The van der Waals surface area contributed by atoms with Crippen molar-refractivity contribution >= 4 is 36.4 Å². The molecule has 3 aromatic carbocycles. The van der Waals surface area contributed by atoms with Gasteiger partial charge in [-0.3, -0.25) is 25.0 Å². The number of carbonyl (C=O) groups is 1. The molecule has 4 rings (SSSR count). The van der Waals surface area contributed by atoms with Crippen LogP contribution in [0.5, 0.6) is 0 Å². The monoisotopic (exact) mass is 507 g/mol. The van der Waals surface area contributed by atoms with Gasteiger partial charge < -0.3 is 10.1 Å². The smallest absolute Gasteiger partial charge is 0.277 e. The minimum Gasteiger partial charge on any atom is -0.432 e. The highest BCUT2D eigenvalue weighted by Gasteiger charge is 2.33. The molecule has 1 aliphatic rings. The van der Waals surface area contributed by atoms with Crippen molar-refractivity contribution in [3.63, 3.8) is 0 Å². The van der Waals surface area contributed by atoms with Crippen molar-refractivity contribution in [3.8, 4) is 0 Å². The molecular formula is C26H29N3O6Si. The summed E-state index contributed by atoms with van der Waals surface area (Å²) in [5, 5.41) is 27.8. The van der Waals surface area contributed by atoms with Gasteiger partial charge in [0.25, 0.3) is 17.3 Å². The van der Waals surface area contributed by atoms with E-state index in [9.17, 15) is 29.8 Å². The molecule has 0 saturated heterocycles. The molecular weight excluding hydrogens is 478 g/mol. The molecule has 1 aliphatic carbocycles. The van der Waals surface area contributed by atoms with E-state index >= 15 is 0 Å². The maximum absolute atomic E-state index is 13.4. The van der Waals surface area contributed by atoms with Crippen LogP contribution in [0.15, 0.2) is 54.6 Å². The Kier molecular flexibility index (Phi) is 7.18. The maximum Gasteiger partial charge on any atom is 0.277 e. The lowest BCUT2D eigenvalue weighted by atomic mass is 9.75. The molecule has 0 fully saturated rings. The van der Waals surface area contributed by atoms with E-state index in [0.29, 0.717) is 0 Å². The van der Waals surface area contributed by atoms with Crippen molar-refractivity contribution in [2.75, 3.05) is 0 Å². The number of amides is 1. The Labute approximate surface area is 209 Å². The molecule has 0 aliphatic heterocycles. The van der Waals surface area contributed by atoms with E-state index in [1.54, 1.807) is 0 Å². The summed E-state index contributed by atoms with van der Waals surface area (Å²) < 4.78 is 0. The Morgan fingerprint density at radius 2 is 1.72 bits per heavy atom. The molecule has 1 amide bonds. The minimum absolute atomic E-state index is 0.0947. The average molecular weight is 508 g/mol. The number of fused-ring (bicyclic) bond motifs is 3. The predicted octanol–water partition coefficient (Wildman–Crippen LogP) is 5.67. The molecule has 3 aromatic rings. The second-order valence-electron chi connectivity index (χ2n) is 10.1. The summed E-state index contributed by atoms with van der Waals surface area (Å²) in [5.74, 6) is -0.494. The largest absolute Gasteiger partial charge is 0.432 e. The molecule has 10 heteroatoms. The van der Waals surface area contributed by atoms with E-state index in [2.05, 4.69) is 17.4 Å². The third-order valence-corrected chi connectivity index (χ3v) is 8.44. The van der Waals surface area contributed by atoms with Gasteiger partial charge in [0.05, 0.1) is 27.5 Å². The van der Waals surface area contributed by atoms with E-state index in [1.165, 1.54) is 0 Å². The maximum atomic E-state index is 13.4. The SMILES string of the molecule is C[Si](C)(O)CCC[C@H]1CCc2ccc3ccccc3c2C1NC(=O)c1cc([N+](=O)[O-])cc([N+](=O)[O-])c1. The second kappa shape index (κ2) is 10.2. The molecule has 0 radical (unpaired) electrons. The number of nitro benzene ring substituents is 2. The number of aryl methyl sites for hydroxylation is 1. The first kappa shape index (κ1) is 25.5. The summed E-state index contributed by atoms with van der Waals surface area (Å²) in [6, 6.07) is 15.5. The Bertz CT molecular complexity index is 1300. The Morgan fingerprint density at radius 3 is 2.36 bits per heavy atom. The molecule has 0 saturated carbocycles. The highest BCUT2D eigenvalue weighted by molar-refractivity contribution is 6.69. The van der Waals surface area contributed by atoms with Gasteiger partial charge in [0.15, 0.2) is 8.32 Å². The normalized spacial score (nSPS) is 17.4. The first-order chi connectivity index (χ1) is 17.0. The predicted molar refractivity (Wildman–Crippen MR) is 139 cm³/mol. The number of nitrogens with one attached hydrogen (secondary N) is 1. The number of carbonyl (C=O) groups excluding carboxylic acids is 1. The molecule has 9 nitrogen and oxygen atoms in total. The van der Waals surface area contributed by atoms with Gasteiger partial charge in [-0.2, -0.15) is 0 Å².